The third-order valence-corrected chi connectivity index (χ3v) is 3.76. The van der Waals surface area contributed by atoms with Gasteiger partial charge in [0.15, 0.2) is 0 Å². The summed E-state index contributed by atoms with van der Waals surface area (Å²) in [6, 6.07) is 8.93. The molecule has 1 saturated carbocycles. The van der Waals surface area contributed by atoms with Gasteiger partial charge in [0.2, 0.25) is 0 Å². The Bertz CT molecular complexity index is 561. The molecular weight excluding hydrogens is 224 g/mol. The SMILES string of the molecule is COC1CC(Nc2ccc(C)c3ncccc23)C1. The first-order chi connectivity index (χ1) is 8.78. The van der Waals surface area contributed by atoms with Crippen LogP contribution in [0.5, 0.6) is 0 Å². The van der Waals surface area contributed by atoms with Crippen molar-refractivity contribution in [3.8, 4) is 0 Å². The van der Waals surface area contributed by atoms with Crippen LogP contribution >= 0.6 is 0 Å². The highest BCUT2D eigenvalue weighted by Gasteiger charge is 2.29. The molecule has 0 bridgehead atoms. The molecule has 1 fully saturated rings. The Balaban J connectivity index is 1.87. The van der Waals surface area contributed by atoms with Crippen LogP contribution in [0.1, 0.15) is 18.4 Å². The van der Waals surface area contributed by atoms with Gasteiger partial charge in [-0.05, 0) is 43.5 Å². The maximum absolute atomic E-state index is 5.31. The van der Waals surface area contributed by atoms with Crippen LogP contribution in [-0.2, 0) is 4.74 Å². The van der Waals surface area contributed by atoms with E-state index in [-0.39, 0.29) is 0 Å². The largest absolute Gasteiger partial charge is 0.382 e. The number of hydrogen-bond acceptors (Lipinski definition) is 3. The van der Waals surface area contributed by atoms with E-state index in [0.29, 0.717) is 12.1 Å². The summed E-state index contributed by atoms with van der Waals surface area (Å²) in [4.78, 5) is 4.46. The highest BCUT2D eigenvalue weighted by Crippen LogP contribution is 2.30. The van der Waals surface area contributed by atoms with Crippen LogP contribution in [0.25, 0.3) is 10.9 Å². The fourth-order valence-electron chi connectivity index (χ4n) is 2.54. The van der Waals surface area contributed by atoms with Crippen molar-refractivity contribution in [1.29, 1.82) is 0 Å². The maximum Gasteiger partial charge on any atom is 0.0751 e. The van der Waals surface area contributed by atoms with Crippen molar-refractivity contribution in [2.75, 3.05) is 12.4 Å². The molecule has 0 radical (unpaired) electrons. The molecule has 1 aromatic carbocycles. The minimum atomic E-state index is 0.428. The number of pyridine rings is 1. The standard InChI is InChI=1S/C15H18N2O/c1-10-5-6-14(13-4-3-7-16-15(10)13)17-11-8-12(9-11)18-2/h3-7,11-12,17H,8-9H2,1-2H3. The van der Waals surface area contributed by atoms with E-state index in [1.807, 2.05) is 12.3 Å². The minimum Gasteiger partial charge on any atom is -0.382 e. The van der Waals surface area contributed by atoms with Gasteiger partial charge in [0.05, 0.1) is 11.6 Å². The number of nitrogens with zero attached hydrogens (tertiary/aromatic N) is 1. The summed E-state index contributed by atoms with van der Waals surface area (Å²) in [5.74, 6) is 0. The molecule has 0 saturated heterocycles. The fraction of sp³-hybridized carbons (Fsp3) is 0.400. The molecule has 2 aromatic rings. The Morgan fingerprint density at radius 1 is 1.28 bits per heavy atom. The number of ether oxygens (including phenoxy) is 1. The minimum absolute atomic E-state index is 0.428. The van der Waals surface area contributed by atoms with Crippen LogP contribution < -0.4 is 5.32 Å². The second kappa shape index (κ2) is 4.58. The molecule has 3 nitrogen and oxygen atoms in total. The highest BCUT2D eigenvalue weighted by molar-refractivity contribution is 5.93. The van der Waals surface area contributed by atoms with E-state index in [1.54, 1.807) is 7.11 Å². The number of rotatable bonds is 3. The summed E-state index contributed by atoms with van der Waals surface area (Å²) in [7, 11) is 1.78. The van der Waals surface area contributed by atoms with Crippen LogP contribution in [0.4, 0.5) is 5.69 Å². The van der Waals surface area contributed by atoms with E-state index >= 15 is 0 Å². The first kappa shape index (κ1) is 11.5. The Hall–Kier alpha value is -1.61. The Morgan fingerprint density at radius 2 is 2.11 bits per heavy atom. The Morgan fingerprint density at radius 3 is 2.89 bits per heavy atom. The summed E-state index contributed by atoms with van der Waals surface area (Å²) in [6.07, 6.45) is 4.46. The predicted molar refractivity (Wildman–Crippen MR) is 73.9 cm³/mol. The molecule has 0 aliphatic heterocycles. The van der Waals surface area contributed by atoms with Gasteiger partial charge in [0, 0.05) is 30.4 Å². The molecule has 3 rings (SSSR count). The topological polar surface area (TPSA) is 34.1 Å². The van der Waals surface area contributed by atoms with E-state index < -0.39 is 0 Å². The lowest BCUT2D eigenvalue weighted by molar-refractivity contribution is 0.0329. The van der Waals surface area contributed by atoms with Gasteiger partial charge in [0.25, 0.3) is 0 Å². The molecule has 0 atom stereocenters. The molecule has 94 valence electrons. The molecule has 1 aliphatic rings. The van der Waals surface area contributed by atoms with Crippen molar-refractivity contribution in [3.63, 3.8) is 0 Å². The molecule has 3 heteroatoms. The zero-order valence-corrected chi connectivity index (χ0v) is 10.8. The van der Waals surface area contributed by atoms with Gasteiger partial charge in [-0.1, -0.05) is 6.07 Å². The summed E-state index contributed by atoms with van der Waals surface area (Å²) >= 11 is 0. The average Bonchev–Trinajstić information content (AvgIpc) is 2.36. The van der Waals surface area contributed by atoms with Gasteiger partial charge < -0.3 is 10.1 Å². The average molecular weight is 242 g/mol. The van der Waals surface area contributed by atoms with Crippen molar-refractivity contribution in [2.45, 2.75) is 31.9 Å². The number of methoxy groups -OCH3 is 1. The number of benzene rings is 1. The van der Waals surface area contributed by atoms with Crippen molar-refractivity contribution >= 4 is 16.6 Å². The smallest absolute Gasteiger partial charge is 0.0751 e. The van der Waals surface area contributed by atoms with Crippen molar-refractivity contribution in [1.82, 2.24) is 4.98 Å². The number of hydrogen-bond donors (Lipinski definition) is 1. The van der Waals surface area contributed by atoms with Gasteiger partial charge in [-0.3, -0.25) is 4.98 Å². The van der Waals surface area contributed by atoms with E-state index in [4.69, 9.17) is 4.74 Å². The number of nitrogens with one attached hydrogen (secondary N) is 1. The first-order valence-corrected chi connectivity index (χ1v) is 6.41. The summed E-state index contributed by atoms with van der Waals surface area (Å²) in [6.45, 7) is 2.10. The molecule has 1 aliphatic carbocycles. The molecular formula is C15H18N2O. The van der Waals surface area contributed by atoms with Crippen LogP contribution in [0, 0.1) is 6.92 Å². The van der Waals surface area contributed by atoms with E-state index in [0.717, 1.165) is 18.4 Å². The van der Waals surface area contributed by atoms with Crippen LogP contribution in [-0.4, -0.2) is 24.2 Å². The summed E-state index contributed by atoms with van der Waals surface area (Å²) < 4.78 is 5.31. The quantitative estimate of drug-likeness (QED) is 0.898. The van der Waals surface area contributed by atoms with Crippen molar-refractivity contribution < 1.29 is 4.74 Å². The van der Waals surface area contributed by atoms with E-state index in [1.165, 1.54) is 16.6 Å². The lowest BCUT2D eigenvalue weighted by Gasteiger charge is -2.35. The zero-order chi connectivity index (χ0) is 12.5. The van der Waals surface area contributed by atoms with Gasteiger partial charge in [-0.2, -0.15) is 0 Å². The van der Waals surface area contributed by atoms with Gasteiger partial charge in [-0.15, -0.1) is 0 Å². The van der Waals surface area contributed by atoms with Crippen LogP contribution in [0.15, 0.2) is 30.5 Å². The van der Waals surface area contributed by atoms with Crippen molar-refractivity contribution in [3.05, 3.63) is 36.0 Å². The molecule has 1 heterocycles. The molecule has 1 N–H and O–H groups in total. The van der Waals surface area contributed by atoms with Crippen molar-refractivity contribution in [2.24, 2.45) is 0 Å². The fourth-order valence-corrected chi connectivity index (χ4v) is 2.54. The maximum atomic E-state index is 5.31. The normalized spacial score (nSPS) is 22.8. The Labute approximate surface area is 107 Å². The Kier molecular flexibility index (Phi) is 2.92. The monoisotopic (exact) mass is 242 g/mol. The van der Waals surface area contributed by atoms with Crippen LogP contribution in [0.3, 0.4) is 0 Å². The van der Waals surface area contributed by atoms with E-state index in [2.05, 4.69) is 35.4 Å². The van der Waals surface area contributed by atoms with Gasteiger partial charge >= 0.3 is 0 Å². The number of fused-ring (bicyclic) bond motifs is 1. The molecule has 0 unspecified atom stereocenters. The second-order valence-electron chi connectivity index (χ2n) is 5.00. The number of anilines is 1. The highest BCUT2D eigenvalue weighted by atomic mass is 16.5. The predicted octanol–water partition coefficient (Wildman–Crippen LogP) is 3.13. The number of aromatic nitrogens is 1. The number of aryl methyl sites for hydroxylation is 1. The zero-order valence-electron chi connectivity index (χ0n) is 10.8. The third-order valence-electron chi connectivity index (χ3n) is 3.76. The molecule has 0 amide bonds. The first-order valence-electron chi connectivity index (χ1n) is 6.41. The lowest BCUT2D eigenvalue weighted by atomic mass is 9.89. The lowest BCUT2D eigenvalue weighted by Crippen LogP contribution is -2.40. The molecule has 0 spiro atoms. The molecule has 18 heavy (non-hydrogen) atoms. The van der Waals surface area contributed by atoms with Crippen LogP contribution in [0.2, 0.25) is 0 Å². The summed E-state index contributed by atoms with van der Waals surface area (Å²) in [5, 5.41) is 4.80. The summed E-state index contributed by atoms with van der Waals surface area (Å²) in [5.41, 5.74) is 3.49. The van der Waals surface area contributed by atoms with E-state index in [9.17, 15) is 0 Å². The molecule has 1 aromatic heterocycles. The third kappa shape index (κ3) is 1.95. The second-order valence-corrected chi connectivity index (χ2v) is 5.00. The van der Waals surface area contributed by atoms with Gasteiger partial charge in [-0.25, -0.2) is 0 Å². The van der Waals surface area contributed by atoms with Gasteiger partial charge in [0.1, 0.15) is 0 Å².